The predicted octanol–water partition coefficient (Wildman–Crippen LogP) is 3.66. The highest BCUT2D eigenvalue weighted by Crippen LogP contribution is 2.32. The minimum atomic E-state index is 0.551. The second-order valence-electron chi connectivity index (χ2n) is 2.75. The molecule has 0 saturated carbocycles. The normalized spacial score (nSPS) is 26.8. The summed E-state index contributed by atoms with van der Waals surface area (Å²) in [5.41, 5.74) is 1.31. The van der Waals surface area contributed by atoms with Gasteiger partial charge in [0.05, 0.1) is 5.03 Å². The summed E-state index contributed by atoms with van der Waals surface area (Å²) < 4.78 is 0. The molecule has 10 heavy (non-hydrogen) atoms. The Kier molecular flexibility index (Phi) is 2.43. The third kappa shape index (κ3) is 1.56. The lowest BCUT2D eigenvalue weighted by Gasteiger charge is -2.16. The Hall–Kier alpha value is 0.0600. The van der Waals surface area contributed by atoms with Gasteiger partial charge in [-0.05, 0) is 25.3 Å². The Balaban J connectivity index is 2.88. The molecule has 0 heterocycles. The van der Waals surface area contributed by atoms with Crippen molar-refractivity contribution in [3.63, 3.8) is 0 Å². The average molecular weight is 177 g/mol. The molecular formula is C8H10Cl2. The molecule has 1 aliphatic rings. The lowest BCUT2D eigenvalue weighted by atomic mass is 9.95. The van der Waals surface area contributed by atoms with Crippen LogP contribution >= 0.6 is 23.2 Å². The topological polar surface area (TPSA) is 0 Å². The van der Waals surface area contributed by atoms with Crippen molar-refractivity contribution < 1.29 is 0 Å². The summed E-state index contributed by atoms with van der Waals surface area (Å²) in [5.74, 6) is 0.551. The minimum absolute atomic E-state index is 0.551. The van der Waals surface area contributed by atoms with E-state index in [1.165, 1.54) is 5.57 Å². The molecule has 0 nitrogen and oxygen atoms in total. The molecule has 0 fully saturated rings. The summed E-state index contributed by atoms with van der Waals surface area (Å²) in [6, 6.07) is 0. The van der Waals surface area contributed by atoms with Crippen molar-refractivity contribution in [2.75, 3.05) is 0 Å². The molecule has 0 spiro atoms. The number of hydrogen-bond acceptors (Lipinski definition) is 0. The van der Waals surface area contributed by atoms with Gasteiger partial charge in [-0.1, -0.05) is 35.7 Å². The van der Waals surface area contributed by atoms with Gasteiger partial charge in [-0.15, -0.1) is 0 Å². The molecule has 1 atom stereocenters. The SMILES string of the molecule is CC1=CC(Cl)=C(Cl)CC1C. The highest BCUT2D eigenvalue weighted by molar-refractivity contribution is 6.40. The van der Waals surface area contributed by atoms with Crippen LogP contribution in [0, 0.1) is 5.92 Å². The van der Waals surface area contributed by atoms with Crippen LogP contribution in [0.2, 0.25) is 0 Å². The number of hydrogen-bond donors (Lipinski definition) is 0. The molecule has 0 bridgehead atoms. The Bertz CT molecular complexity index is 201. The van der Waals surface area contributed by atoms with E-state index < -0.39 is 0 Å². The van der Waals surface area contributed by atoms with Crippen molar-refractivity contribution in [2.24, 2.45) is 5.92 Å². The molecular weight excluding hydrogens is 167 g/mol. The van der Waals surface area contributed by atoms with E-state index in [1.807, 2.05) is 6.08 Å². The van der Waals surface area contributed by atoms with Crippen LogP contribution in [0.5, 0.6) is 0 Å². The lowest BCUT2D eigenvalue weighted by Crippen LogP contribution is -2.01. The summed E-state index contributed by atoms with van der Waals surface area (Å²) in [6.45, 7) is 4.23. The van der Waals surface area contributed by atoms with E-state index in [1.54, 1.807) is 0 Å². The van der Waals surface area contributed by atoms with Crippen LogP contribution in [0.1, 0.15) is 20.3 Å². The van der Waals surface area contributed by atoms with E-state index in [-0.39, 0.29) is 0 Å². The van der Waals surface area contributed by atoms with Crippen LogP contribution in [0.4, 0.5) is 0 Å². The molecule has 2 heteroatoms. The number of rotatable bonds is 0. The predicted molar refractivity (Wildman–Crippen MR) is 46.3 cm³/mol. The van der Waals surface area contributed by atoms with Gasteiger partial charge in [0.1, 0.15) is 0 Å². The zero-order chi connectivity index (χ0) is 7.72. The highest BCUT2D eigenvalue weighted by atomic mass is 35.5. The van der Waals surface area contributed by atoms with Crippen molar-refractivity contribution in [3.05, 3.63) is 21.7 Å². The fourth-order valence-corrected chi connectivity index (χ4v) is 1.48. The zero-order valence-electron chi connectivity index (χ0n) is 6.12. The van der Waals surface area contributed by atoms with Gasteiger partial charge < -0.3 is 0 Å². The first kappa shape index (κ1) is 8.16. The van der Waals surface area contributed by atoms with Crippen LogP contribution < -0.4 is 0 Å². The second kappa shape index (κ2) is 2.98. The fraction of sp³-hybridized carbons (Fsp3) is 0.500. The van der Waals surface area contributed by atoms with Crippen LogP contribution in [-0.4, -0.2) is 0 Å². The van der Waals surface area contributed by atoms with Crippen LogP contribution in [0.3, 0.4) is 0 Å². The zero-order valence-corrected chi connectivity index (χ0v) is 7.63. The highest BCUT2D eigenvalue weighted by Gasteiger charge is 2.13. The van der Waals surface area contributed by atoms with Gasteiger partial charge in [0.15, 0.2) is 0 Å². The van der Waals surface area contributed by atoms with Crippen molar-refractivity contribution in [2.45, 2.75) is 20.3 Å². The average Bonchev–Trinajstić information content (AvgIpc) is 1.84. The van der Waals surface area contributed by atoms with E-state index in [4.69, 9.17) is 23.2 Å². The molecule has 0 aliphatic heterocycles. The van der Waals surface area contributed by atoms with Crippen LogP contribution in [-0.2, 0) is 0 Å². The van der Waals surface area contributed by atoms with Crippen LogP contribution in [0.25, 0.3) is 0 Å². The van der Waals surface area contributed by atoms with E-state index in [0.29, 0.717) is 11.0 Å². The molecule has 0 aromatic heterocycles. The van der Waals surface area contributed by atoms with E-state index in [9.17, 15) is 0 Å². The second-order valence-corrected chi connectivity index (χ2v) is 3.61. The Morgan fingerprint density at radius 2 is 2.10 bits per heavy atom. The van der Waals surface area contributed by atoms with Gasteiger partial charge in [0.25, 0.3) is 0 Å². The van der Waals surface area contributed by atoms with Gasteiger partial charge in [0, 0.05) is 5.03 Å². The van der Waals surface area contributed by atoms with Gasteiger partial charge in [-0.25, -0.2) is 0 Å². The maximum absolute atomic E-state index is 5.83. The molecule has 0 radical (unpaired) electrons. The molecule has 0 saturated heterocycles. The van der Waals surface area contributed by atoms with Gasteiger partial charge in [-0.3, -0.25) is 0 Å². The van der Waals surface area contributed by atoms with Crippen molar-refractivity contribution in [3.8, 4) is 0 Å². The quantitative estimate of drug-likeness (QED) is 0.529. The third-order valence-electron chi connectivity index (χ3n) is 1.88. The largest absolute Gasteiger partial charge is 0.0875 e. The molecule has 0 N–H and O–H groups in total. The monoisotopic (exact) mass is 176 g/mol. The number of allylic oxidation sites excluding steroid dienone is 4. The molecule has 0 amide bonds. The van der Waals surface area contributed by atoms with Gasteiger partial charge in [-0.2, -0.15) is 0 Å². The summed E-state index contributed by atoms with van der Waals surface area (Å²) in [5, 5.41) is 1.50. The first-order valence-corrected chi connectivity index (χ1v) is 4.09. The lowest BCUT2D eigenvalue weighted by molar-refractivity contribution is 0.677. The van der Waals surface area contributed by atoms with Crippen LogP contribution in [0.15, 0.2) is 21.7 Å². The summed E-state index contributed by atoms with van der Waals surface area (Å²) in [6.07, 6.45) is 2.83. The summed E-state index contributed by atoms with van der Waals surface area (Å²) in [4.78, 5) is 0. The van der Waals surface area contributed by atoms with E-state index in [2.05, 4.69) is 13.8 Å². The standard InChI is InChI=1S/C8H10Cl2/c1-5-3-7(9)8(10)4-6(5)2/h3,6H,4H2,1-2H3. The first-order valence-electron chi connectivity index (χ1n) is 3.33. The minimum Gasteiger partial charge on any atom is -0.0875 e. The first-order chi connectivity index (χ1) is 4.61. The van der Waals surface area contributed by atoms with Crippen molar-refractivity contribution >= 4 is 23.2 Å². The maximum Gasteiger partial charge on any atom is 0.0550 e. The summed E-state index contributed by atoms with van der Waals surface area (Å²) >= 11 is 11.6. The van der Waals surface area contributed by atoms with E-state index >= 15 is 0 Å². The molecule has 1 aliphatic carbocycles. The number of halogens is 2. The smallest absolute Gasteiger partial charge is 0.0550 e. The molecule has 0 aromatic rings. The third-order valence-corrected chi connectivity index (χ3v) is 2.67. The maximum atomic E-state index is 5.83. The van der Waals surface area contributed by atoms with Gasteiger partial charge >= 0.3 is 0 Å². The Morgan fingerprint density at radius 1 is 1.50 bits per heavy atom. The Labute approximate surface area is 71.5 Å². The molecule has 1 rings (SSSR count). The summed E-state index contributed by atoms with van der Waals surface area (Å²) in [7, 11) is 0. The molecule has 0 aromatic carbocycles. The molecule has 56 valence electrons. The molecule has 1 unspecified atom stereocenters. The van der Waals surface area contributed by atoms with Crippen molar-refractivity contribution in [1.29, 1.82) is 0 Å². The van der Waals surface area contributed by atoms with Gasteiger partial charge in [0.2, 0.25) is 0 Å². The van der Waals surface area contributed by atoms with Crippen molar-refractivity contribution in [1.82, 2.24) is 0 Å². The Morgan fingerprint density at radius 3 is 2.60 bits per heavy atom. The van der Waals surface area contributed by atoms with E-state index in [0.717, 1.165) is 11.5 Å². The fourth-order valence-electron chi connectivity index (χ4n) is 0.948.